The molecule has 0 bridgehead atoms. The van der Waals surface area contributed by atoms with Crippen LogP contribution >= 0.6 is 23.2 Å². The van der Waals surface area contributed by atoms with E-state index in [0.717, 1.165) is 5.56 Å². The number of halogens is 2. The van der Waals surface area contributed by atoms with Gasteiger partial charge in [-0.05, 0) is 43.0 Å². The van der Waals surface area contributed by atoms with Crippen LogP contribution in [-0.4, -0.2) is 36.5 Å². The fourth-order valence-electron chi connectivity index (χ4n) is 2.55. The number of carbonyl (C=O) groups is 2. The second kappa shape index (κ2) is 7.70. The number of hydrogen-bond donors (Lipinski definition) is 2. The number of likely N-dealkylation sites (tertiary alicyclic amines) is 1. The first-order valence-electron chi connectivity index (χ1n) is 7.23. The van der Waals surface area contributed by atoms with Crippen LogP contribution in [0.25, 0.3) is 0 Å². The molecule has 1 aliphatic heterocycles. The molecule has 1 heterocycles. The Balaban J connectivity index is 1.75. The summed E-state index contributed by atoms with van der Waals surface area (Å²) in [6.07, 6.45) is 1.92. The SMILES string of the molecule is NC(=O)C1CCN(C(=O)NCCc2cc(Cl)cc(Cl)c2)CC1. The Kier molecular flexibility index (Phi) is 5.91. The second-order valence-corrected chi connectivity index (χ2v) is 6.30. The molecule has 1 saturated heterocycles. The standard InChI is InChI=1S/C15H19Cl2N3O2/c16-12-7-10(8-13(17)9-12)1-4-19-15(22)20-5-2-11(3-6-20)14(18)21/h7-9,11H,1-6H2,(H2,18,21)(H,19,22). The summed E-state index contributed by atoms with van der Waals surface area (Å²) in [7, 11) is 0. The van der Waals surface area contributed by atoms with Crippen LogP contribution in [0.3, 0.4) is 0 Å². The zero-order chi connectivity index (χ0) is 16.1. The van der Waals surface area contributed by atoms with Gasteiger partial charge in [-0.15, -0.1) is 0 Å². The van der Waals surface area contributed by atoms with E-state index in [1.807, 2.05) is 12.1 Å². The van der Waals surface area contributed by atoms with Crippen molar-refractivity contribution in [1.29, 1.82) is 0 Å². The number of urea groups is 1. The fraction of sp³-hybridized carbons (Fsp3) is 0.467. The molecule has 0 aliphatic carbocycles. The lowest BCUT2D eigenvalue weighted by Crippen LogP contribution is -2.46. The number of rotatable bonds is 4. The minimum Gasteiger partial charge on any atom is -0.369 e. The first-order chi connectivity index (χ1) is 10.5. The Morgan fingerprint density at radius 1 is 1.18 bits per heavy atom. The van der Waals surface area contributed by atoms with E-state index in [9.17, 15) is 9.59 Å². The summed E-state index contributed by atoms with van der Waals surface area (Å²) >= 11 is 11.9. The lowest BCUT2D eigenvalue weighted by molar-refractivity contribution is -0.123. The van der Waals surface area contributed by atoms with Gasteiger partial charge in [-0.3, -0.25) is 4.79 Å². The smallest absolute Gasteiger partial charge is 0.317 e. The van der Waals surface area contributed by atoms with Crippen LogP contribution in [0, 0.1) is 5.92 Å². The number of nitrogens with two attached hydrogens (primary N) is 1. The van der Waals surface area contributed by atoms with E-state index in [1.165, 1.54) is 0 Å². The molecule has 7 heteroatoms. The van der Waals surface area contributed by atoms with E-state index in [1.54, 1.807) is 11.0 Å². The fourth-order valence-corrected chi connectivity index (χ4v) is 3.12. The molecule has 0 radical (unpaired) electrons. The highest BCUT2D eigenvalue weighted by Gasteiger charge is 2.25. The van der Waals surface area contributed by atoms with Crippen LogP contribution in [0.1, 0.15) is 18.4 Å². The number of piperidine rings is 1. The third-order valence-corrected chi connectivity index (χ3v) is 4.23. The molecular formula is C15H19Cl2N3O2. The number of nitrogens with one attached hydrogen (secondary N) is 1. The third-order valence-electron chi connectivity index (χ3n) is 3.80. The van der Waals surface area contributed by atoms with Crippen molar-refractivity contribution >= 4 is 35.1 Å². The first kappa shape index (κ1) is 16.9. The Morgan fingerprint density at radius 2 is 1.77 bits per heavy atom. The van der Waals surface area contributed by atoms with Crippen LogP contribution in [0.2, 0.25) is 10.0 Å². The normalized spacial score (nSPS) is 15.6. The van der Waals surface area contributed by atoms with Gasteiger partial charge >= 0.3 is 6.03 Å². The zero-order valence-electron chi connectivity index (χ0n) is 12.1. The van der Waals surface area contributed by atoms with E-state index in [4.69, 9.17) is 28.9 Å². The van der Waals surface area contributed by atoms with Crippen LogP contribution in [0.4, 0.5) is 4.79 Å². The Labute approximate surface area is 139 Å². The molecule has 22 heavy (non-hydrogen) atoms. The predicted octanol–water partition coefficient (Wildman–Crippen LogP) is 2.44. The largest absolute Gasteiger partial charge is 0.369 e. The molecule has 1 aromatic rings. The van der Waals surface area contributed by atoms with Crippen molar-refractivity contribution in [3.05, 3.63) is 33.8 Å². The van der Waals surface area contributed by atoms with E-state index >= 15 is 0 Å². The molecule has 3 amide bonds. The molecule has 0 atom stereocenters. The minimum absolute atomic E-state index is 0.113. The lowest BCUT2D eigenvalue weighted by Gasteiger charge is -2.30. The molecule has 1 aliphatic rings. The maximum Gasteiger partial charge on any atom is 0.317 e. The molecule has 3 N–H and O–H groups in total. The number of primary amides is 1. The van der Waals surface area contributed by atoms with E-state index < -0.39 is 0 Å². The first-order valence-corrected chi connectivity index (χ1v) is 7.98. The zero-order valence-corrected chi connectivity index (χ0v) is 13.7. The number of nitrogens with zero attached hydrogens (tertiary/aromatic N) is 1. The van der Waals surface area contributed by atoms with Gasteiger partial charge in [0.1, 0.15) is 0 Å². The highest BCUT2D eigenvalue weighted by Crippen LogP contribution is 2.19. The maximum atomic E-state index is 12.0. The molecule has 5 nitrogen and oxygen atoms in total. The van der Waals surface area contributed by atoms with Crippen molar-refractivity contribution in [3.8, 4) is 0 Å². The van der Waals surface area contributed by atoms with Gasteiger partial charge in [0.25, 0.3) is 0 Å². The number of hydrogen-bond acceptors (Lipinski definition) is 2. The number of benzene rings is 1. The average molecular weight is 344 g/mol. The summed E-state index contributed by atoms with van der Waals surface area (Å²) in [5, 5.41) is 4.04. The summed E-state index contributed by atoms with van der Waals surface area (Å²) in [6, 6.07) is 5.22. The van der Waals surface area contributed by atoms with E-state index in [-0.39, 0.29) is 17.9 Å². The Morgan fingerprint density at radius 3 is 2.32 bits per heavy atom. The van der Waals surface area contributed by atoms with Gasteiger partial charge in [-0.2, -0.15) is 0 Å². The minimum atomic E-state index is -0.280. The quantitative estimate of drug-likeness (QED) is 0.880. The van der Waals surface area contributed by atoms with Crippen molar-refractivity contribution in [2.45, 2.75) is 19.3 Å². The van der Waals surface area contributed by atoms with Gasteiger partial charge in [0, 0.05) is 35.6 Å². The molecule has 0 saturated carbocycles. The summed E-state index contributed by atoms with van der Waals surface area (Å²) in [5.41, 5.74) is 6.26. The van der Waals surface area contributed by atoms with Crippen LogP contribution in [-0.2, 0) is 11.2 Å². The third kappa shape index (κ3) is 4.78. The number of amides is 3. The molecule has 1 aromatic carbocycles. The maximum absolute atomic E-state index is 12.0. The lowest BCUT2D eigenvalue weighted by atomic mass is 9.96. The second-order valence-electron chi connectivity index (χ2n) is 5.42. The summed E-state index contributed by atoms with van der Waals surface area (Å²) in [6.45, 7) is 1.62. The van der Waals surface area contributed by atoms with Crippen molar-refractivity contribution in [3.63, 3.8) is 0 Å². The van der Waals surface area contributed by atoms with Crippen molar-refractivity contribution in [1.82, 2.24) is 10.2 Å². The van der Waals surface area contributed by atoms with Crippen LogP contribution in [0.5, 0.6) is 0 Å². The highest BCUT2D eigenvalue weighted by atomic mass is 35.5. The molecule has 0 spiro atoms. The molecular weight excluding hydrogens is 325 g/mol. The molecule has 120 valence electrons. The molecule has 0 aromatic heterocycles. The van der Waals surface area contributed by atoms with Gasteiger partial charge in [0.05, 0.1) is 0 Å². The Bertz CT molecular complexity index is 537. The molecule has 1 fully saturated rings. The summed E-state index contributed by atoms with van der Waals surface area (Å²) in [4.78, 5) is 24.9. The van der Waals surface area contributed by atoms with Gasteiger partial charge in [-0.25, -0.2) is 4.79 Å². The van der Waals surface area contributed by atoms with Crippen LogP contribution < -0.4 is 11.1 Å². The van der Waals surface area contributed by atoms with Gasteiger partial charge in [0.15, 0.2) is 0 Å². The summed E-state index contributed by atoms with van der Waals surface area (Å²) in [5.74, 6) is -0.393. The van der Waals surface area contributed by atoms with Gasteiger partial charge in [-0.1, -0.05) is 23.2 Å². The number of carbonyl (C=O) groups excluding carboxylic acids is 2. The van der Waals surface area contributed by atoms with E-state index in [2.05, 4.69) is 5.32 Å². The Hall–Kier alpha value is -1.46. The van der Waals surface area contributed by atoms with Gasteiger partial charge in [0.2, 0.25) is 5.91 Å². The van der Waals surface area contributed by atoms with Crippen molar-refractivity contribution in [2.24, 2.45) is 11.7 Å². The van der Waals surface area contributed by atoms with E-state index in [0.29, 0.717) is 48.9 Å². The van der Waals surface area contributed by atoms with Crippen molar-refractivity contribution in [2.75, 3.05) is 19.6 Å². The van der Waals surface area contributed by atoms with Crippen LogP contribution in [0.15, 0.2) is 18.2 Å². The van der Waals surface area contributed by atoms with Crippen molar-refractivity contribution < 1.29 is 9.59 Å². The predicted molar refractivity (Wildman–Crippen MR) is 87.1 cm³/mol. The summed E-state index contributed by atoms with van der Waals surface area (Å²) < 4.78 is 0. The highest BCUT2D eigenvalue weighted by molar-refractivity contribution is 6.34. The topological polar surface area (TPSA) is 75.4 Å². The monoisotopic (exact) mass is 343 g/mol. The average Bonchev–Trinajstić information content (AvgIpc) is 2.46. The molecule has 2 rings (SSSR count). The molecule has 0 unspecified atom stereocenters. The van der Waals surface area contributed by atoms with Gasteiger partial charge < -0.3 is 16.0 Å².